The van der Waals surface area contributed by atoms with Crippen LogP contribution in [0.5, 0.6) is 11.5 Å². The quantitative estimate of drug-likeness (QED) is 0.436. The Kier molecular flexibility index (Phi) is 5.54. The first-order chi connectivity index (χ1) is 13.9. The lowest BCUT2D eigenvalue weighted by molar-refractivity contribution is -0.146. The molecule has 2 aromatic carbocycles. The fourth-order valence-electron chi connectivity index (χ4n) is 3.31. The second kappa shape index (κ2) is 8.05. The van der Waals surface area contributed by atoms with Crippen molar-refractivity contribution in [1.82, 2.24) is 4.90 Å². The molecule has 2 aromatic rings. The van der Waals surface area contributed by atoms with Gasteiger partial charge in [-0.25, -0.2) is 0 Å². The van der Waals surface area contributed by atoms with Gasteiger partial charge in [0.15, 0.2) is 0 Å². The van der Waals surface area contributed by atoms with Crippen molar-refractivity contribution in [1.29, 1.82) is 0 Å². The molecule has 3 rings (SSSR count). The Bertz CT molecular complexity index is 997. The van der Waals surface area contributed by atoms with Crippen LogP contribution < -0.4 is 9.47 Å². The normalized spacial score (nSPS) is 18.0. The predicted molar refractivity (Wildman–Crippen MR) is 103 cm³/mol. The Morgan fingerprint density at radius 1 is 1.03 bits per heavy atom. The number of amides is 1. The maximum Gasteiger partial charge on any atom is 0.323 e. The number of benzene rings is 2. The number of methoxy groups -OCH3 is 2. The number of carboxylic acids is 1. The maximum atomic E-state index is 12.8. The number of nitrogens with zero attached hydrogens (tertiary/aromatic N) is 1. The van der Waals surface area contributed by atoms with Gasteiger partial charge in [-0.05, 0) is 12.1 Å². The van der Waals surface area contributed by atoms with Gasteiger partial charge in [0.1, 0.15) is 23.8 Å². The highest BCUT2D eigenvalue weighted by atomic mass is 16.5. The fraction of sp³-hybridized carbons (Fsp3) is 0.190. The van der Waals surface area contributed by atoms with Crippen molar-refractivity contribution >= 4 is 23.4 Å². The topological polar surface area (TPSA) is 113 Å². The third kappa shape index (κ3) is 3.64. The molecule has 2 N–H and O–H groups in total. The molecule has 0 radical (unpaired) electrons. The molecule has 0 aliphatic carbocycles. The van der Waals surface area contributed by atoms with Gasteiger partial charge in [0, 0.05) is 17.2 Å². The van der Waals surface area contributed by atoms with E-state index < -0.39 is 30.2 Å². The van der Waals surface area contributed by atoms with Gasteiger partial charge >= 0.3 is 5.97 Å². The van der Waals surface area contributed by atoms with Crippen LogP contribution in [0.15, 0.2) is 54.1 Å². The molecule has 1 aliphatic heterocycles. The summed E-state index contributed by atoms with van der Waals surface area (Å²) >= 11 is 0. The van der Waals surface area contributed by atoms with Gasteiger partial charge < -0.3 is 24.6 Å². The molecule has 1 aliphatic rings. The van der Waals surface area contributed by atoms with Crippen molar-refractivity contribution in [2.24, 2.45) is 0 Å². The van der Waals surface area contributed by atoms with Crippen LogP contribution in [0.25, 0.3) is 5.76 Å². The largest absolute Gasteiger partial charge is 0.507 e. The number of aliphatic carboxylic acids is 1. The molecular formula is C21H19NO7. The van der Waals surface area contributed by atoms with Crippen LogP contribution in [0.1, 0.15) is 17.2 Å². The van der Waals surface area contributed by atoms with E-state index in [2.05, 4.69) is 0 Å². The Labute approximate surface area is 166 Å². The lowest BCUT2D eigenvalue weighted by atomic mass is 9.94. The number of ketones is 1. The van der Waals surface area contributed by atoms with E-state index in [9.17, 15) is 24.6 Å². The van der Waals surface area contributed by atoms with E-state index in [0.717, 1.165) is 4.90 Å². The van der Waals surface area contributed by atoms with E-state index in [1.807, 2.05) is 0 Å². The van der Waals surface area contributed by atoms with E-state index >= 15 is 0 Å². The first-order valence-electron chi connectivity index (χ1n) is 8.66. The van der Waals surface area contributed by atoms with Crippen molar-refractivity contribution in [3.8, 4) is 11.5 Å². The second-order valence-corrected chi connectivity index (χ2v) is 6.29. The molecular weight excluding hydrogens is 378 g/mol. The van der Waals surface area contributed by atoms with Gasteiger partial charge in [-0.2, -0.15) is 0 Å². The number of likely N-dealkylation sites (tertiary alicyclic amines) is 1. The van der Waals surface area contributed by atoms with Crippen LogP contribution in [-0.4, -0.2) is 53.5 Å². The lowest BCUT2D eigenvalue weighted by Crippen LogP contribution is -2.34. The number of hydrogen-bond acceptors (Lipinski definition) is 6. The van der Waals surface area contributed by atoms with Crippen LogP contribution in [0.2, 0.25) is 0 Å². The van der Waals surface area contributed by atoms with Crippen molar-refractivity contribution in [3.05, 3.63) is 65.2 Å². The first-order valence-corrected chi connectivity index (χ1v) is 8.66. The van der Waals surface area contributed by atoms with Crippen molar-refractivity contribution < 1.29 is 34.1 Å². The standard InChI is InChI=1S/C21H19NO7/c1-28-13-8-9-14(15(10-13)29-2)18-17(19(25)12-6-4-3-5-7-12)20(26)21(27)22(18)11-16(23)24/h3-10,18,25H,11H2,1-2H3,(H,23,24)/b19-17+/t18-/m0/s1. The van der Waals surface area contributed by atoms with Gasteiger partial charge in [0.05, 0.1) is 25.8 Å². The van der Waals surface area contributed by atoms with E-state index in [1.165, 1.54) is 14.2 Å². The van der Waals surface area contributed by atoms with Crippen molar-refractivity contribution in [2.75, 3.05) is 20.8 Å². The molecule has 1 saturated heterocycles. The zero-order valence-corrected chi connectivity index (χ0v) is 15.8. The highest BCUT2D eigenvalue weighted by Gasteiger charge is 2.47. The highest BCUT2D eigenvalue weighted by molar-refractivity contribution is 6.46. The molecule has 0 saturated carbocycles. The minimum Gasteiger partial charge on any atom is -0.507 e. The summed E-state index contributed by atoms with van der Waals surface area (Å²) in [7, 11) is 2.87. The van der Waals surface area contributed by atoms with Crippen LogP contribution in [0.3, 0.4) is 0 Å². The Morgan fingerprint density at radius 2 is 1.72 bits per heavy atom. The zero-order chi connectivity index (χ0) is 21.1. The Hall–Kier alpha value is -3.81. The molecule has 1 fully saturated rings. The summed E-state index contributed by atoms with van der Waals surface area (Å²) in [4.78, 5) is 37.6. The van der Waals surface area contributed by atoms with E-state index in [4.69, 9.17) is 9.47 Å². The fourth-order valence-corrected chi connectivity index (χ4v) is 3.31. The second-order valence-electron chi connectivity index (χ2n) is 6.29. The average Bonchev–Trinajstić information content (AvgIpc) is 2.97. The molecule has 0 spiro atoms. The van der Waals surface area contributed by atoms with E-state index in [1.54, 1.807) is 48.5 Å². The number of ether oxygens (including phenoxy) is 2. The zero-order valence-electron chi connectivity index (χ0n) is 15.8. The summed E-state index contributed by atoms with van der Waals surface area (Å²) in [6.45, 7) is -0.712. The van der Waals surface area contributed by atoms with Crippen LogP contribution in [0, 0.1) is 0 Å². The highest BCUT2D eigenvalue weighted by Crippen LogP contribution is 2.43. The summed E-state index contributed by atoms with van der Waals surface area (Å²) in [5, 5.41) is 20.1. The number of carbonyl (C=O) groups is 3. The molecule has 1 heterocycles. The molecule has 0 aromatic heterocycles. The monoisotopic (exact) mass is 397 g/mol. The molecule has 1 atom stereocenters. The summed E-state index contributed by atoms with van der Waals surface area (Å²) in [5.74, 6) is -2.89. The number of aliphatic hydroxyl groups is 1. The summed E-state index contributed by atoms with van der Waals surface area (Å²) in [5.41, 5.74) is 0.482. The Balaban J connectivity index is 2.25. The van der Waals surface area contributed by atoms with Gasteiger partial charge in [0.25, 0.3) is 11.7 Å². The van der Waals surface area contributed by atoms with Gasteiger partial charge in [-0.1, -0.05) is 30.3 Å². The van der Waals surface area contributed by atoms with Crippen LogP contribution >= 0.6 is 0 Å². The predicted octanol–water partition coefficient (Wildman–Crippen LogP) is 2.21. The summed E-state index contributed by atoms with van der Waals surface area (Å²) < 4.78 is 10.5. The first kappa shape index (κ1) is 19.9. The van der Waals surface area contributed by atoms with Crippen LogP contribution in [0.4, 0.5) is 0 Å². The molecule has 1 amide bonds. The SMILES string of the molecule is COc1ccc([C@H]2/C(=C(\O)c3ccccc3)C(=O)C(=O)N2CC(=O)O)c(OC)c1. The molecule has 150 valence electrons. The lowest BCUT2D eigenvalue weighted by Gasteiger charge is -2.25. The number of rotatable bonds is 6. The molecule has 8 heteroatoms. The smallest absolute Gasteiger partial charge is 0.323 e. The number of hydrogen-bond donors (Lipinski definition) is 2. The molecule has 0 bridgehead atoms. The minimum atomic E-state index is -1.29. The van der Waals surface area contributed by atoms with Gasteiger partial charge in [-0.15, -0.1) is 0 Å². The molecule has 29 heavy (non-hydrogen) atoms. The number of carbonyl (C=O) groups excluding carboxylic acids is 2. The summed E-state index contributed by atoms with van der Waals surface area (Å²) in [6.07, 6.45) is 0. The third-order valence-corrected chi connectivity index (χ3v) is 4.63. The minimum absolute atomic E-state index is 0.203. The molecule has 0 unspecified atom stereocenters. The van der Waals surface area contributed by atoms with Gasteiger partial charge in [-0.3, -0.25) is 14.4 Å². The number of carboxylic acid groups (broad SMARTS) is 1. The average molecular weight is 397 g/mol. The number of aliphatic hydroxyl groups excluding tert-OH is 1. The van der Waals surface area contributed by atoms with Crippen molar-refractivity contribution in [2.45, 2.75) is 6.04 Å². The van der Waals surface area contributed by atoms with Crippen molar-refractivity contribution in [3.63, 3.8) is 0 Å². The van der Waals surface area contributed by atoms with Crippen LogP contribution in [-0.2, 0) is 14.4 Å². The number of Topliss-reactive ketones (excluding diaryl/α,β-unsaturated/α-hetero) is 1. The van der Waals surface area contributed by atoms with E-state index in [-0.39, 0.29) is 17.1 Å². The Morgan fingerprint density at radius 3 is 2.31 bits per heavy atom. The van der Waals surface area contributed by atoms with E-state index in [0.29, 0.717) is 16.9 Å². The molecule has 8 nitrogen and oxygen atoms in total. The maximum absolute atomic E-state index is 12.8. The summed E-state index contributed by atoms with van der Waals surface area (Å²) in [6, 6.07) is 11.8. The van der Waals surface area contributed by atoms with Gasteiger partial charge in [0.2, 0.25) is 0 Å². The third-order valence-electron chi connectivity index (χ3n) is 4.63.